The summed E-state index contributed by atoms with van der Waals surface area (Å²) in [6, 6.07) is 28.5. The van der Waals surface area contributed by atoms with Crippen molar-refractivity contribution < 1.29 is 0 Å². The molecule has 31 heavy (non-hydrogen) atoms. The zero-order valence-electron chi connectivity index (χ0n) is 16.7. The van der Waals surface area contributed by atoms with E-state index in [1.807, 2.05) is 30.3 Å². The number of aliphatic imine (C=N–C) groups is 1. The highest BCUT2D eigenvalue weighted by atomic mass is 32.1. The van der Waals surface area contributed by atoms with Gasteiger partial charge in [0.15, 0.2) is 0 Å². The van der Waals surface area contributed by atoms with E-state index in [4.69, 9.17) is 0 Å². The van der Waals surface area contributed by atoms with Crippen LogP contribution in [-0.4, -0.2) is 5.16 Å². The molecule has 0 N–H and O–H groups in total. The van der Waals surface area contributed by atoms with Crippen molar-refractivity contribution in [3.8, 4) is 23.7 Å². The van der Waals surface area contributed by atoms with Gasteiger partial charge >= 0.3 is 0 Å². The molecule has 4 aromatic rings. The second kappa shape index (κ2) is 10.00. The van der Waals surface area contributed by atoms with Crippen LogP contribution in [0.3, 0.4) is 0 Å². The Balaban J connectivity index is 1.53. The second-order valence-corrected chi connectivity index (χ2v) is 7.52. The number of isothiocyanates is 1. The molecule has 0 aliphatic carbocycles. The highest BCUT2D eigenvalue weighted by molar-refractivity contribution is 7.78. The number of thiocarbonyl (C=S) groups is 1. The zero-order valence-corrected chi connectivity index (χ0v) is 18.7. The van der Waals surface area contributed by atoms with Gasteiger partial charge < -0.3 is 0 Å². The molecule has 1 unspecified atom stereocenters. The molecule has 1 nitrogen and oxygen atoms in total. The summed E-state index contributed by atoms with van der Waals surface area (Å²) in [4.78, 5) is 3.95. The number of hydrogen-bond donors (Lipinski definition) is 0. The third-order valence-corrected chi connectivity index (χ3v) is 5.34. The number of nitrogens with zero attached hydrogens (tertiary/aromatic N) is 1. The van der Waals surface area contributed by atoms with Gasteiger partial charge in [0.2, 0.25) is 0 Å². The molecule has 0 aliphatic rings. The van der Waals surface area contributed by atoms with Gasteiger partial charge in [-0.15, -0.1) is 9.24 Å². The van der Waals surface area contributed by atoms with Crippen LogP contribution in [0.1, 0.15) is 27.8 Å². The molecule has 4 rings (SSSR count). The van der Waals surface area contributed by atoms with E-state index in [-0.39, 0.29) is 0 Å². The van der Waals surface area contributed by atoms with Gasteiger partial charge in [-0.25, -0.2) is 0 Å². The van der Waals surface area contributed by atoms with Crippen molar-refractivity contribution in [3.63, 3.8) is 0 Å². The van der Waals surface area contributed by atoms with Gasteiger partial charge in [-0.1, -0.05) is 47.9 Å². The molecule has 0 heterocycles. The minimum Gasteiger partial charge on any atom is -0.195 e. The minimum absolute atomic E-state index is 0.780. The summed E-state index contributed by atoms with van der Waals surface area (Å²) < 4.78 is 0. The molecule has 146 valence electrons. The first kappa shape index (κ1) is 20.8. The zero-order chi connectivity index (χ0) is 21.5. The molecule has 0 aromatic heterocycles. The third-order valence-electron chi connectivity index (χ3n) is 4.77. The molecule has 1 atom stereocenters. The molecule has 0 aliphatic heterocycles. The summed E-state index contributed by atoms with van der Waals surface area (Å²) in [6.45, 7) is 0. The molecular formula is C28H18NPS. The Morgan fingerprint density at radius 3 is 1.55 bits per heavy atom. The van der Waals surface area contributed by atoms with Gasteiger partial charge in [0, 0.05) is 22.3 Å². The average Bonchev–Trinajstić information content (AvgIpc) is 2.82. The van der Waals surface area contributed by atoms with Crippen molar-refractivity contribution in [1.29, 1.82) is 0 Å². The van der Waals surface area contributed by atoms with Crippen LogP contribution in [0, 0.1) is 23.7 Å². The van der Waals surface area contributed by atoms with Crippen LogP contribution < -0.4 is 0 Å². The lowest BCUT2D eigenvalue weighted by molar-refractivity contribution is 1.41. The van der Waals surface area contributed by atoms with Crippen LogP contribution in [0.2, 0.25) is 0 Å². The van der Waals surface area contributed by atoms with Gasteiger partial charge in [-0.3, -0.25) is 0 Å². The molecular weight excluding hydrogens is 413 g/mol. The summed E-state index contributed by atoms with van der Waals surface area (Å²) in [6.07, 6.45) is 0.959. The van der Waals surface area contributed by atoms with Crippen LogP contribution in [-0.2, 0) is 6.16 Å². The molecule has 0 fully saturated rings. The van der Waals surface area contributed by atoms with E-state index in [2.05, 4.69) is 110 Å². The minimum atomic E-state index is 0.780. The fraction of sp³-hybridized carbons (Fsp3) is 0.0357. The largest absolute Gasteiger partial charge is 0.195 e. The van der Waals surface area contributed by atoms with Crippen LogP contribution in [0.5, 0.6) is 0 Å². The van der Waals surface area contributed by atoms with Crippen molar-refractivity contribution >= 4 is 43.1 Å². The van der Waals surface area contributed by atoms with Gasteiger partial charge in [-0.05, 0) is 95.4 Å². The molecule has 0 saturated heterocycles. The third kappa shape index (κ3) is 5.55. The first-order valence-electron chi connectivity index (χ1n) is 9.78. The summed E-state index contributed by atoms with van der Waals surface area (Å²) in [5, 5.41) is 4.66. The Bertz CT molecular complexity index is 1410. The van der Waals surface area contributed by atoms with Crippen molar-refractivity contribution in [1.82, 2.24) is 0 Å². The molecule has 3 heteroatoms. The monoisotopic (exact) mass is 431 g/mol. The smallest absolute Gasteiger partial charge is 0.0740 e. The molecule has 0 amide bonds. The van der Waals surface area contributed by atoms with Crippen LogP contribution in [0.15, 0.2) is 89.9 Å². The lowest BCUT2D eigenvalue weighted by atomic mass is 10.0. The van der Waals surface area contributed by atoms with E-state index in [9.17, 15) is 0 Å². The molecule has 0 bridgehead atoms. The Kier molecular flexibility index (Phi) is 6.69. The predicted octanol–water partition coefficient (Wildman–Crippen LogP) is 6.75. The highest BCUT2D eigenvalue weighted by Gasteiger charge is 1.97. The van der Waals surface area contributed by atoms with Gasteiger partial charge in [-0.2, -0.15) is 4.99 Å². The quantitative estimate of drug-likeness (QED) is 0.148. The molecule has 0 radical (unpaired) electrons. The molecule has 0 spiro atoms. The fourth-order valence-electron chi connectivity index (χ4n) is 3.09. The topological polar surface area (TPSA) is 12.4 Å². The van der Waals surface area contributed by atoms with Gasteiger partial charge in [0.25, 0.3) is 0 Å². The Morgan fingerprint density at radius 1 is 0.613 bits per heavy atom. The van der Waals surface area contributed by atoms with Crippen LogP contribution in [0.25, 0.3) is 10.8 Å². The summed E-state index contributed by atoms with van der Waals surface area (Å²) in [5.41, 5.74) is 6.00. The normalized spacial score (nSPS) is 9.71. The standard InChI is InChI=1S/C28H18NPS/c30-19-25-7-3-21(4-8-25)1-5-23-9-13-27-18-24(10-14-26(27)17-23)6-2-22-11-15-28(16-12-22)29-20-31/h3-4,7-18H,19,30H2. The number of rotatable bonds is 2. The summed E-state index contributed by atoms with van der Waals surface area (Å²) in [7, 11) is 2.74. The van der Waals surface area contributed by atoms with Crippen LogP contribution in [0.4, 0.5) is 5.69 Å². The van der Waals surface area contributed by atoms with E-state index in [1.54, 1.807) is 0 Å². The first-order valence-corrected chi connectivity index (χ1v) is 11.0. The Hall–Kier alpha value is -3.51. The summed E-state index contributed by atoms with van der Waals surface area (Å²) in [5.74, 6) is 12.9. The van der Waals surface area contributed by atoms with E-state index >= 15 is 0 Å². The van der Waals surface area contributed by atoms with Crippen molar-refractivity contribution in [2.24, 2.45) is 4.99 Å². The maximum atomic E-state index is 4.62. The number of benzene rings is 4. The highest BCUT2D eigenvalue weighted by Crippen LogP contribution is 2.18. The molecule has 0 saturated carbocycles. The fourth-order valence-corrected chi connectivity index (χ4v) is 3.46. The SMILES string of the molecule is PCc1ccc(C#Cc2ccc3cc(C#Cc4ccc(N=C=S)cc4)ccc3c2)cc1. The van der Waals surface area contributed by atoms with Crippen molar-refractivity contribution in [3.05, 3.63) is 113 Å². The second-order valence-electron chi connectivity index (χ2n) is 6.93. The Morgan fingerprint density at radius 2 is 1.06 bits per heavy atom. The summed E-state index contributed by atoms with van der Waals surface area (Å²) >= 11 is 4.62. The maximum absolute atomic E-state index is 4.62. The molecule has 4 aromatic carbocycles. The lowest BCUT2D eigenvalue weighted by Crippen LogP contribution is -1.81. The van der Waals surface area contributed by atoms with E-state index in [1.165, 1.54) is 5.56 Å². The number of fused-ring (bicyclic) bond motifs is 1. The number of hydrogen-bond acceptors (Lipinski definition) is 2. The van der Waals surface area contributed by atoms with E-state index < -0.39 is 0 Å². The van der Waals surface area contributed by atoms with Gasteiger partial charge in [0.1, 0.15) is 0 Å². The maximum Gasteiger partial charge on any atom is 0.0740 e. The Labute approximate surface area is 190 Å². The van der Waals surface area contributed by atoms with Crippen LogP contribution >= 0.6 is 21.5 Å². The van der Waals surface area contributed by atoms with Crippen molar-refractivity contribution in [2.75, 3.05) is 0 Å². The van der Waals surface area contributed by atoms with E-state index in [0.29, 0.717) is 0 Å². The van der Waals surface area contributed by atoms with Gasteiger partial charge in [0.05, 0.1) is 10.8 Å². The lowest BCUT2D eigenvalue weighted by Gasteiger charge is -2.00. The van der Waals surface area contributed by atoms with Crippen molar-refractivity contribution in [2.45, 2.75) is 6.16 Å². The van der Waals surface area contributed by atoms with E-state index in [0.717, 1.165) is 44.9 Å². The first-order chi connectivity index (χ1) is 15.2. The predicted molar refractivity (Wildman–Crippen MR) is 137 cm³/mol. The average molecular weight is 432 g/mol.